The van der Waals surface area contributed by atoms with Gasteiger partial charge in [-0.2, -0.15) is 0 Å². The van der Waals surface area contributed by atoms with Crippen LogP contribution >= 0.6 is 0 Å². The van der Waals surface area contributed by atoms with Crippen LogP contribution in [0.15, 0.2) is 18.2 Å². The van der Waals surface area contributed by atoms with Gasteiger partial charge < -0.3 is 4.74 Å². The number of ether oxygens (including phenoxy) is 1. The highest BCUT2D eigenvalue weighted by atomic mass is 19.1. The van der Waals surface area contributed by atoms with Gasteiger partial charge in [0.05, 0.1) is 12.8 Å². The molecule has 84 valence electrons. The fraction of sp³-hybridized carbons (Fsp3) is 0.417. The fourth-order valence-electron chi connectivity index (χ4n) is 2.74. The Balaban J connectivity index is 2.11. The van der Waals surface area contributed by atoms with Crippen molar-refractivity contribution in [2.24, 2.45) is 0 Å². The lowest BCUT2D eigenvalue weighted by molar-refractivity contribution is 0.171. The van der Waals surface area contributed by atoms with Crippen LogP contribution in [0.2, 0.25) is 0 Å². The Hall–Kier alpha value is -1.58. The van der Waals surface area contributed by atoms with Crippen LogP contribution in [-0.2, 0) is 4.74 Å². The van der Waals surface area contributed by atoms with Crippen molar-refractivity contribution in [1.29, 1.82) is 0 Å². The molecular weight excluding hydrogens is 209 g/mol. The van der Waals surface area contributed by atoms with Crippen molar-refractivity contribution >= 4 is 11.8 Å². The van der Waals surface area contributed by atoms with Crippen LogP contribution in [0.25, 0.3) is 0 Å². The van der Waals surface area contributed by atoms with Crippen molar-refractivity contribution in [1.82, 2.24) is 0 Å². The van der Waals surface area contributed by atoms with Gasteiger partial charge in [-0.05, 0) is 25.0 Å². The van der Waals surface area contributed by atoms with Gasteiger partial charge in [-0.1, -0.05) is 6.07 Å². The van der Waals surface area contributed by atoms with Gasteiger partial charge in [0.2, 0.25) is 0 Å². The van der Waals surface area contributed by atoms with E-state index in [-0.39, 0.29) is 23.9 Å². The Bertz CT molecular complexity index is 460. The molecule has 0 saturated heterocycles. The quantitative estimate of drug-likeness (QED) is 0.674. The second-order valence-corrected chi connectivity index (χ2v) is 4.26. The number of hydrogen-bond acceptors (Lipinski definition) is 2. The molecule has 2 unspecified atom stereocenters. The van der Waals surface area contributed by atoms with Gasteiger partial charge in [-0.15, -0.1) is 0 Å². The van der Waals surface area contributed by atoms with E-state index in [2.05, 4.69) is 0 Å². The Morgan fingerprint density at radius 2 is 2.31 bits per heavy atom. The van der Waals surface area contributed by atoms with Gasteiger partial charge in [0.25, 0.3) is 0 Å². The predicted molar refractivity (Wildman–Crippen MR) is 57.0 cm³/mol. The van der Waals surface area contributed by atoms with E-state index in [0.717, 1.165) is 12.8 Å². The number of fused-ring (bicyclic) bond motifs is 3. The average molecular weight is 221 g/mol. The minimum Gasteiger partial charge on any atom is -0.452 e. The summed E-state index contributed by atoms with van der Waals surface area (Å²) < 4.78 is 18.5. The summed E-state index contributed by atoms with van der Waals surface area (Å²) in [5.41, 5.74) is 1.36. The Morgan fingerprint density at radius 1 is 1.50 bits per heavy atom. The van der Waals surface area contributed by atoms with Gasteiger partial charge in [0.15, 0.2) is 0 Å². The molecule has 0 spiro atoms. The lowest BCUT2D eigenvalue weighted by atomic mass is 9.77. The first-order chi connectivity index (χ1) is 7.74. The monoisotopic (exact) mass is 221 g/mol. The first kappa shape index (κ1) is 9.63. The van der Waals surface area contributed by atoms with Crippen molar-refractivity contribution in [2.75, 3.05) is 12.0 Å². The number of benzene rings is 1. The van der Waals surface area contributed by atoms with Crippen molar-refractivity contribution in [3.8, 4) is 0 Å². The summed E-state index contributed by atoms with van der Waals surface area (Å²) >= 11 is 0. The van der Waals surface area contributed by atoms with Crippen LogP contribution in [0.1, 0.15) is 24.3 Å². The highest BCUT2D eigenvalue weighted by molar-refractivity contribution is 5.92. The molecule has 1 aliphatic carbocycles. The number of rotatable bonds is 0. The maximum absolute atomic E-state index is 13.7. The van der Waals surface area contributed by atoms with Gasteiger partial charge in [-0.25, -0.2) is 9.18 Å². The third-order valence-corrected chi connectivity index (χ3v) is 3.60. The number of methoxy groups -OCH3 is 1. The summed E-state index contributed by atoms with van der Waals surface area (Å²) in [5, 5.41) is 0. The van der Waals surface area contributed by atoms with Crippen LogP contribution in [0, 0.1) is 5.82 Å². The van der Waals surface area contributed by atoms with Crippen molar-refractivity contribution < 1.29 is 13.9 Å². The summed E-state index contributed by atoms with van der Waals surface area (Å²) in [5.74, 6) is -0.0473. The predicted octanol–water partition coefficient (Wildman–Crippen LogP) is 2.66. The molecule has 1 aromatic carbocycles. The standard InChI is InChI=1S/C12H12FNO2/c1-16-12(15)14-9-6-5-7(9)11-8(13)3-2-4-10(11)14/h2-4,7,9H,5-6H2,1H3. The van der Waals surface area contributed by atoms with Crippen LogP contribution in [-0.4, -0.2) is 19.2 Å². The normalized spacial score (nSPS) is 25.8. The van der Waals surface area contributed by atoms with E-state index >= 15 is 0 Å². The van der Waals surface area contributed by atoms with E-state index in [9.17, 15) is 9.18 Å². The van der Waals surface area contributed by atoms with E-state index in [1.54, 1.807) is 17.0 Å². The Kier molecular flexibility index (Phi) is 1.93. The Labute approximate surface area is 92.8 Å². The molecule has 2 atom stereocenters. The molecule has 2 aliphatic rings. The van der Waals surface area contributed by atoms with Crippen LogP contribution in [0.3, 0.4) is 0 Å². The van der Waals surface area contributed by atoms with Crippen molar-refractivity contribution in [2.45, 2.75) is 24.8 Å². The summed E-state index contributed by atoms with van der Waals surface area (Å²) in [6, 6.07) is 4.97. The summed E-state index contributed by atoms with van der Waals surface area (Å²) in [6.07, 6.45) is 1.49. The Morgan fingerprint density at radius 3 is 2.94 bits per heavy atom. The fourth-order valence-corrected chi connectivity index (χ4v) is 2.74. The number of anilines is 1. The average Bonchev–Trinajstić information content (AvgIpc) is 2.47. The first-order valence-electron chi connectivity index (χ1n) is 5.39. The highest BCUT2D eigenvalue weighted by Crippen LogP contribution is 2.52. The van der Waals surface area contributed by atoms with Crippen molar-refractivity contribution in [3.63, 3.8) is 0 Å². The zero-order valence-electron chi connectivity index (χ0n) is 8.94. The summed E-state index contributed by atoms with van der Waals surface area (Å²) in [7, 11) is 1.35. The second kappa shape index (κ2) is 3.20. The zero-order valence-corrected chi connectivity index (χ0v) is 8.94. The molecule has 0 bridgehead atoms. The largest absolute Gasteiger partial charge is 0.452 e. The lowest BCUT2D eigenvalue weighted by Gasteiger charge is -2.35. The summed E-state index contributed by atoms with van der Waals surface area (Å²) in [6.45, 7) is 0. The molecule has 1 amide bonds. The van der Waals surface area contributed by atoms with Crippen LogP contribution in [0.4, 0.5) is 14.9 Å². The molecule has 0 aromatic heterocycles. The molecule has 0 radical (unpaired) electrons. The van der Waals surface area contributed by atoms with E-state index in [1.807, 2.05) is 0 Å². The van der Waals surface area contributed by atoms with Gasteiger partial charge >= 0.3 is 6.09 Å². The molecule has 3 rings (SSSR count). The molecule has 16 heavy (non-hydrogen) atoms. The minimum absolute atomic E-state index is 0.0966. The van der Waals surface area contributed by atoms with E-state index in [1.165, 1.54) is 13.2 Å². The summed E-state index contributed by atoms with van der Waals surface area (Å²) in [4.78, 5) is 13.2. The smallest absolute Gasteiger partial charge is 0.414 e. The van der Waals surface area contributed by atoms with Crippen molar-refractivity contribution in [3.05, 3.63) is 29.6 Å². The van der Waals surface area contributed by atoms with Crippen LogP contribution < -0.4 is 4.90 Å². The maximum atomic E-state index is 13.7. The number of hydrogen-bond donors (Lipinski definition) is 0. The number of carbonyl (C=O) groups is 1. The van der Waals surface area contributed by atoms with E-state index < -0.39 is 0 Å². The number of amides is 1. The number of carbonyl (C=O) groups excluding carboxylic acids is 1. The molecule has 4 heteroatoms. The van der Waals surface area contributed by atoms with Gasteiger partial charge in [0.1, 0.15) is 5.82 Å². The minimum atomic E-state index is -0.390. The van der Waals surface area contributed by atoms with E-state index in [0.29, 0.717) is 11.3 Å². The highest BCUT2D eigenvalue weighted by Gasteiger charge is 2.48. The van der Waals surface area contributed by atoms with E-state index in [4.69, 9.17) is 4.74 Å². The lowest BCUT2D eigenvalue weighted by Crippen LogP contribution is -2.43. The molecule has 3 nitrogen and oxygen atoms in total. The molecule has 1 saturated carbocycles. The molecule has 1 heterocycles. The number of halogens is 1. The molecule has 1 aliphatic heterocycles. The van der Waals surface area contributed by atoms with Gasteiger partial charge in [-0.3, -0.25) is 4.90 Å². The molecular formula is C12H12FNO2. The second-order valence-electron chi connectivity index (χ2n) is 4.26. The van der Waals surface area contributed by atoms with Crippen LogP contribution in [0.5, 0.6) is 0 Å². The maximum Gasteiger partial charge on any atom is 0.414 e. The number of nitrogens with zero attached hydrogens (tertiary/aromatic N) is 1. The molecule has 1 aromatic rings. The molecule has 0 N–H and O–H groups in total. The first-order valence-corrected chi connectivity index (χ1v) is 5.39. The SMILES string of the molecule is COC(=O)N1c2cccc(F)c2C2CCC21. The topological polar surface area (TPSA) is 29.5 Å². The third kappa shape index (κ3) is 1.04. The molecule has 1 fully saturated rings. The van der Waals surface area contributed by atoms with Gasteiger partial charge in [0, 0.05) is 17.5 Å². The zero-order chi connectivity index (χ0) is 11.3. The third-order valence-electron chi connectivity index (χ3n) is 3.60.